The van der Waals surface area contributed by atoms with Gasteiger partial charge in [-0.2, -0.15) is 0 Å². The summed E-state index contributed by atoms with van der Waals surface area (Å²) in [4.78, 5) is 0. The molecule has 2 rings (SSSR count). The Balaban J connectivity index is 1.81. The highest BCUT2D eigenvalue weighted by atomic mass is 16.5. The molecule has 0 aromatic heterocycles. The van der Waals surface area contributed by atoms with Gasteiger partial charge < -0.3 is 25.0 Å². The standard InChI is InChI=1S/C12H17NO4/c14-4-6-16-5-3-13-11-8-17-12-7-9(15)1-2-10(11)12/h1-2,7,11,13-15H,3-6,8H2. The number of hydrogen-bond acceptors (Lipinski definition) is 5. The third kappa shape index (κ3) is 3.09. The quantitative estimate of drug-likeness (QED) is 0.628. The van der Waals surface area contributed by atoms with Crippen molar-refractivity contribution in [2.24, 2.45) is 0 Å². The normalized spacial score (nSPS) is 17.8. The van der Waals surface area contributed by atoms with Gasteiger partial charge >= 0.3 is 0 Å². The van der Waals surface area contributed by atoms with Crippen LogP contribution in [-0.4, -0.2) is 43.2 Å². The average molecular weight is 239 g/mol. The number of rotatable bonds is 6. The van der Waals surface area contributed by atoms with Crippen LogP contribution in [0, 0.1) is 0 Å². The molecule has 0 saturated carbocycles. The fourth-order valence-corrected chi connectivity index (χ4v) is 1.84. The number of ether oxygens (including phenoxy) is 2. The van der Waals surface area contributed by atoms with Crippen LogP contribution in [0.3, 0.4) is 0 Å². The van der Waals surface area contributed by atoms with Crippen LogP contribution in [-0.2, 0) is 4.74 Å². The monoisotopic (exact) mass is 239 g/mol. The number of benzene rings is 1. The van der Waals surface area contributed by atoms with E-state index >= 15 is 0 Å². The minimum Gasteiger partial charge on any atom is -0.508 e. The number of fused-ring (bicyclic) bond motifs is 1. The molecular weight excluding hydrogens is 222 g/mol. The number of aromatic hydroxyl groups is 1. The molecule has 1 heterocycles. The van der Waals surface area contributed by atoms with Crippen LogP contribution >= 0.6 is 0 Å². The molecule has 5 nitrogen and oxygen atoms in total. The Morgan fingerprint density at radius 1 is 1.41 bits per heavy atom. The Labute approximate surface area is 100.0 Å². The van der Waals surface area contributed by atoms with Crippen LogP contribution in [0.2, 0.25) is 0 Å². The molecule has 1 unspecified atom stereocenters. The lowest BCUT2D eigenvalue weighted by Crippen LogP contribution is -2.26. The lowest BCUT2D eigenvalue weighted by Gasteiger charge is -2.11. The van der Waals surface area contributed by atoms with Crippen molar-refractivity contribution in [1.82, 2.24) is 5.32 Å². The van der Waals surface area contributed by atoms with E-state index in [4.69, 9.17) is 14.6 Å². The van der Waals surface area contributed by atoms with Crippen molar-refractivity contribution in [3.63, 3.8) is 0 Å². The summed E-state index contributed by atoms with van der Waals surface area (Å²) in [5.41, 5.74) is 1.06. The first-order chi connectivity index (χ1) is 8.31. The summed E-state index contributed by atoms with van der Waals surface area (Å²) >= 11 is 0. The van der Waals surface area contributed by atoms with Crippen LogP contribution in [0.5, 0.6) is 11.5 Å². The van der Waals surface area contributed by atoms with Gasteiger partial charge in [0.2, 0.25) is 0 Å². The Morgan fingerprint density at radius 2 is 2.29 bits per heavy atom. The second-order valence-electron chi connectivity index (χ2n) is 3.88. The molecule has 0 aliphatic carbocycles. The van der Waals surface area contributed by atoms with Gasteiger partial charge in [-0.15, -0.1) is 0 Å². The van der Waals surface area contributed by atoms with Crippen molar-refractivity contribution in [2.75, 3.05) is 33.0 Å². The molecule has 0 radical (unpaired) electrons. The summed E-state index contributed by atoms with van der Waals surface area (Å²) in [5, 5.41) is 21.2. The van der Waals surface area contributed by atoms with E-state index < -0.39 is 0 Å². The second kappa shape index (κ2) is 5.86. The van der Waals surface area contributed by atoms with Crippen LogP contribution in [0.4, 0.5) is 0 Å². The minimum atomic E-state index is 0.0502. The van der Waals surface area contributed by atoms with Crippen molar-refractivity contribution in [1.29, 1.82) is 0 Å². The largest absolute Gasteiger partial charge is 0.508 e. The molecule has 3 N–H and O–H groups in total. The van der Waals surface area contributed by atoms with Crippen molar-refractivity contribution in [2.45, 2.75) is 6.04 Å². The van der Waals surface area contributed by atoms with Crippen LogP contribution < -0.4 is 10.1 Å². The number of phenols is 1. The number of hydrogen-bond donors (Lipinski definition) is 3. The van der Waals surface area contributed by atoms with E-state index in [1.807, 2.05) is 6.07 Å². The first-order valence-electron chi connectivity index (χ1n) is 5.69. The van der Waals surface area contributed by atoms with Gasteiger partial charge in [-0.1, -0.05) is 0 Å². The molecule has 0 amide bonds. The van der Waals surface area contributed by atoms with Gasteiger partial charge in [-0.3, -0.25) is 0 Å². The van der Waals surface area contributed by atoms with E-state index in [1.54, 1.807) is 12.1 Å². The van der Waals surface area contributed by atoms with E-state index in [0.717, 1.165) is 11.3 Å². The van der Waals surface area contributed by atoms with E-state index in [-0.39, 0.29) is 18.4 Å². The molecule has 1 atom stereocenters. The second-order valence-corrected chi connectivity index (χ2v) is 3.88. The Bertz CT molecular complexity index is 370. The first-order valence-corrected chi connectivity index (χ1v) is 5.69. The summed E-state index contributed by atoms with van der Waals surface area (Å²) in [5.74, 6) is 0.953. The lowest BCUT2D eigenvalue weighted by molar-refractivity contribution is 0.0921. The van der Waals surface area contributed by atoms with E-state index in [2.05, 4.69) is 5.32 Å². The van der Waals surface area contributed by atoms with Gasteiger partial charge in [-0.25, -0.2) is 0 Å². The van der Waals surface area contributed by atoms with Gasteiger partial charge in [0.05, 0.1) is 25.9 Å². The molecule has 5 heteroatoms. The fourth-order valence-electron chi connectivity index (χ4n) is 1.84. The Hall–Kier alpha value is -1.30. The molecule has 1 aromatic rings. The summed E-state index contributed by atoms with van der Waals surface area (Å²) in [6.45, 7) is 2.25. The van der Waals surface area contributed by atoms with Crippen molar-refractivity contribution >= 4 is 0 Å². The third-order valence-electron chi connectivity index (χ3n) is 2.65. The highest BCUT2D eigenvalue weighted by molar-refractivity contribution is 5.44. The number of nitrogens with one attached hydrogen (secondary N) is 1. The predicted molar refractivity (Wildman–Crippen MR) is 62.3 cm³/mol. The molecule has 1 aliphatic rings. The first kappa shape index (κ1) is 12.2. The zero-order valence-electron chi connectivity index (χ0n) is 9.56. The average Bonchev–Trinajstić information content (AvgIpc) is 2.71. The van der Waals surface area contributed by atoms with Crippen molar-refractivity contribution in [3.8, 4) is 11.5 Å². The number of aliphatic hydroxyl groups is 1. The topological polar surface area (TPSA) is 71.0 Å². The molecule has 1 aromatic carbocycles. The lowest BCUT2D eigenvalue weighted by atomic mass is 10.1. The highest BCUT2D eigenvalue weighted by Gasteiger charge is 2.23. The van der Waals surface area contributed by atoms with E-state index in [0.29, 0.717) is 26.4 Å². The molecule has 94 valence electrons. The van der Waals surface area contributed by atoms with Gasteiger partial charge in [-0.05, 0) is 12.1 Å². The molecule has 17 heavy (non-hydrogen) atoms. The van der Waals surface area contributed by atoms with Crippen LogP contribution in [0.15, 0.2) is 18.2 Å². The van der Waals surface area contributed by atoms with Gasteiger partial charge in [0, 0.05) is 18.2 Å². The maximum Gasteiger partial charge on any atom is 0.127 e. The van der Waals surface area contributed by atoms with Crippen molar-refractivity contribution < 1.29 is 19.7 Å². The molecule has 0 spiro atoms. The van der Waals surface area contributed by atoms with E-state index in [9.17, 15) is 5.11 Å². The Kier molecular flexibility index (Phi) is 4.19. The SMILES string of the molecule is OCCOCCNC1COc2cc(O)ccc21. The Morgan fingerprint density at radius 3 is 3.12 bits per heavy atom. The van der Waals surface area contributed by atoms with Crippen molar-refractivity contribution in [3.05, 3.63) is 23.8 Å². The maximum absolute atomic E-state index is 9.31. The molecule has 0 fully saturated rings. The molecule has 0 bridgehead atoms. The van der Waals surface area contributed by atoms with Crippen LogP contribution in [0.1, 0.15) is 11.6 Å². The fraction of sp³-hybridized carbons (Fsp3) is 0.500. The zero-order chi connectivity index (χ0) is 12.1. The number of phenolic OH excluding ortho intramolecular Hbond substituents is 1. The summed E-state index contributed by atoms with van der Waals surface area (Å²) in [6, 6.07) is 5.29. The van der Waals surface area contributed by atoms with Gasteiger partial charge in [0.1, 0.15) is 18.1 Å². The molecule has 1 aliphatic heterocycles. The van der Waals surface area contributed by atoms with Gasteiger partial charge in [0.25, 0.3) is 0 Å². The van der Waals surface area contributed by atoms with E-state index in [1.165, 1.54) is 0 Å². The maximum atomic E-state index is 9.31. The highest BCUT2D eigenvalue weighted by Crippen LogP contribution is 2.34. The summed E-state index contributed by atoms with van der Waals surface area (Å²) in [6.07, 6.45) is 0. The summed E-state index contributed by atoms with van der Waals surface area (Å²) < 4.78 is 10.6. The summed E-state index contributed by atoms with van der Waals surface area (Å²) in [7, 11) is 0. The number of aliphatic hydroxyl groups excluding tert-OH is 1. The molecular formula is C12H17NO4. The predicted octanol–water partition coefficient (Wildman–Crippen LogP) is 0.424. The van der Waals surface area contributed by atoms with Gasteiger partial charge in [0.15, 0.2) is 0 Å². The van der Waals surface area contributed by atoms with Crippen LogP contribution in [0.25, 0.3) is 0 Å². The third-order valence-corrected chi connectivity index (χ3v) is 2.65. The smallest absolute Gasteiger partial charge is 0.127 e. The minimum absolute atomic E-state index is 0.0502. The zero-order valence-corrected chi connectivity index (χ0v) is 9.56. The molecule has 0 saturated heterocycles.